The van der Waals surface area contributed by atoms with E-state index < -0.39 is 11.4 Å². The number of halogens is 1. The molecule has 1 aliphatic rings. The number of rotatable bonds is 2. The Morgan fingerprint density at radius 1 is 1.37 bits per heavy atom. The van der Waals surface area contributed by atoms with Crippen LogP contribution in [0.4, 0.5) is 4.39 Å². The van der Waals surface area contributed by atoms with Gasteiger partial charge in [-0.15, -0.1) is 0 Å². The summed E-state index contributed by atoms with van der Waals surface area (Å²) in [6.45, 7) is 5.02. The molecule has 1 aromatic carbocycles. The molecule has 3 nitrogen and oxygen atoms in total. The van der Waals surface area contributed by atoms with E-state index in [2.05, 4.69) is 0 Å². The number of benzene rings is 1. The van der Waals surface area contributed by atoms with Gasteiger partial charge in [-0.3, -0.25) is 4.79 Å². The van der Waals surface area contributed by atoms with Crippen LogP contribution in [0, 0.1) is 11.7 Å². The summed E-state index contributed by atoms with van der Waals surface area (Å²) in [5, 5.41) is 10.4. The molecular formula is C15H20FNO2. The Bertz CT molecular complexity index is 465. The maximum atomic E-state index is 13.1. The van der Waals surface area contributed by atoms with Crippen molar-refractivity contribution in [1.82, 2.24) is 4.90 Å². The molecule has 0 radical (unpaired) electrons. The molecule has 0 aromatic heterocycles. The molecule has 2 rings (SSSR count). The predicted octanol–water partition coefficient (Wildman–Crippen LogP) is 2.45. The fourth-order valence-corrected chi connectivity index (χ4v) is 2.48. The predicted molar refractivity (Wildman–Crippen MR) is 71.3 cm³/mol. The third kappa shape index (κ3) is 2.95. The van der Waals surface area contributed by atoms with Gasteiger partial charge < -0.3 is 10.0 Å². The molecule has 104 valence electrons. The Hall–Kier alpha value is -1.42. The molecule has 0 saturated carbocycles. The Morgan fingerprint density at radius 3 is 2.53 bits per heavy atom. The summed E-state index contributed by atoms with van der Waals surface area (Å²) in [7, 11) is 0. The lowest BCUT2D eigenvalue weighted by Gasteiger charge is -2.40. The van der Waals surface area contributed by atoms with E-state index in [-0.39, 0.29) is 11.8 Å². The monoisotopic (exact) mass is 265 g/mol. The summed E-state index contributed by atoms with van der Waals surface area (Å²) >= 11 is 0. The first kappa shape index (κ1) is 14.0. The summed E-state index contributed by atoms with van der Waals surface area (Å²) < 4.78 is 13.1. The zero-order chi connectivity index (χ0) is 14.0. The van der Waals surface area contributed by atoms with Gasteiger partial charge in [-0.05, 0) is 37.0 Å². The van der Waals surface area contributed by atoms with Gasteiger partial charge in [-0.2, -0.15) is 0 Å². The molecule has 19 heavy (non-hydrogen) atoms. The molecule has 0 spiro atoms. The van der Waals surface area contributed by atoms with E-state index in [4.69, 9.17) is 0 Å². The molecule has 1 N–H and O–H groups in total. The van der Waals surface area contributed by atoms with Gasteiger partial charge in [0.2, 0.25) is 0 Å². The first-order chi connectivity index (χ1) is 8.92. The van der Waals surface area contributed by atoms with E-state index in [1.165, 1.54) is 18.2 Å². The Labute approximate surface area is 113 Å². The van der Waals surface area contributed by atoms with E-state index >= 15 is 0 Å². The van der Waals surface area contributed by atoms with E-state index in [9.17, 15) is 14.3 Å². The second-order valence-electron chi connectivity index (χ2n) is 5.56. The van der Waals surface area contributed by atoms with Crippen LogP contribution < -0.4 is 0 Å². The van der Waals surface area contributed by atoms with Crippen LogP contribution in [0.15, 0.2) is 24.3 Å². The van der Waals surface area contributed by atoms with Crippen LogP contribution in [0.25, 0.3) is 0 Å². The maximum absolute atomic E-state index is 13.1. The molecule has 1 amide bonds. The average Bonchev–Trinajstić information content (AvgIpc) is 2.38. The van der Waals surface area contributed by atoms with Gasteiger partial charge in [0.05, 0.1) is 5.60 Å². The minimum atomic E-state index is -0.682. The third-order valence-electron chi connectivity index (χ3n) is 4.06. The fraction of sp³-hybridized carbons (Fsp3) is 0.533. The quantitative estimate of drug-likeness (QED) is 0.892. The summed E-state index contributed by atoms with van der Waals surface area (Å²) in [6.07, 6.45) is 1.15. The zero-order valence-corrected chi connectivity index (χ0v) is 11.4. The third-order valence-corrected chi connectivity index (χ3v) is 4.06. The highest BCUT2D eigenvalue weighted by Gasteiger charge is 2.36. The summed E-state index contributed by atoms with van der Waals surface area (Å²) in [4.78, 5) is 13.9. The van der Waals surface area contributed by atoms with Gasteiger partial charge in [0, 0.05) is 18.7 Å². The van der Waals surface area contributed by atoms with Crippen LogP contribution in [-0.2, 0) is 0 Å². The lowest BCUT2D eigenvalue weighted by Crippen LogP contribution is -2.49. The lowest BCUT2D eigenvalue weighted by atomic mass is 9.81. The van der Waals surface area contributed by atoms with Crippen molar-refractivity contribution in [3.8, 4) is 0 Å². The SMILES string of the molecule is CC(C)C1(O)CCN(C(=O)c2cccc(F)c2)CC1. The van der Waals surface area contributed by atoms with Gasteiger partial charge in [-0.25, -0.2) is 4.39 Å². The van der Waals surface area contributed by atoms with Crippen molar-refractivity contribution in [3.63, 3.8) is 0 Å². The topological polar surface area (TPSA) is 40.5 Å². The average molecular weight is 265 g/mol. The second kappa shape index (κ2) is 5.29. The Morgan fingerprint density at radius 2 is 2.00 bits per heavy atom. The second-order valence-corrected chi connectivity index (χ2v) is 5.56. The van der Waals surface area contributed by atoms with E-state index in [1.807, 2.05) is 13.8 Å². The fourth-order valence-electron chi connectivity index (χ4n) is 2.48. The molecule has 1 saturated heterocycles. The summed E-state index contributed by atoms with van der Waals surface area (Å²) in [5.74, 6) is -0.384. The van der Waals surface area contributed by atoms with Gasteiger partial charge >= 0.3 is 0 Å². The van der Waals surface area contributed by atoms with Crippen LogP contribution in [-0.4, -0.2) is 34.6 Å². The number of hydrogen-bond donors (Lipinski definition) is 1. The highest BCUT2D eigenvalue weighted by atomic mass is 19.1. The number of amides is 1. The van der Waals surface area contributed by atoms with Crippen molar-refractivity contribution < 1.29 is 14.3 Å². The molecule has 0 atom stereocenters. The number of likely N-dealkylation sites (tertiary alicyclic amines) is 1. The Kier molecular flexibility index (Phi) is 3.90. The molecule has 1 aromatic rings. The Balaban J connectivity index is 2.04. The molecule has 4 heteroatoms. The standard InChI is InChI=1S/C15H20FNO2/c1-11(2)15(19)6-8-17(9-7-15)14(18)12-4-3-5-13(16)10-12/h3-5,10-11,19H,6-9H2,1-2H3. The number of carbonyl (C=O) groups excluding carboxylic acids is 1. The molecule has 0 unspecified atom stereocenters. The van der Waals surface area contributed by atoms with E-state index in [0.717, 1.165) is 0 Å². The van der Waals surface area contributed by atoms with Crippen LogP contribution in [0.3, 0.4) is 0 Å². The highest BCUT2D eigenvalue weighted by Crippen LogP contribution is 2.30. The van der Waals surface area contributed by atoms with Gasteiger partial charge in [0.15, 0.2) is 0 Å². The molecule has 1 aliphatic heterocycles. The van der Waals surface area contributed by atoms with Crippen LogP contribution >= 0.6 is 0 Å². The van der Waals surface area contributed by atoms with E-state index in [1.54, 1.807) is 11.0 Å². The van der Waals surface area contributed by atoms with Gasteiger partial charge in [-0.1, -0.05) is 19.9 Å². The molecule has 1 heterocycles. The van der Waals surface area contributed by atoms with Crippen LogP contribution in [0.1, 0.15) is 37.0 Å². The minimum absolute atomic E-state index is 0.162. The summed E-state index contributed by atoms with van der Waals surface area (Å²) in [5.41, 5.74) is -0.311. The van der Waals surface area contributed by atoms with Crippen molar-refractivity contribution in [2.24, 2.45) is 5.92 Å². The van der Waals surface area contributed by atoms with Crippen molar-refractivity contribution in [2.45, 2.75) is 32.3 Å². The number of piperidine rings is 1. The number of carbonyl (C=O) groups is 1. The number of aliphatic hydroxyl groups is 1. The van der Waals surface area contributed by atoms with Crippen molar-refractivity contribution in [3.05, 3.63) is 35.6 Å². The van der Waals surface area contributed by atoms with Crippen LogP contribution in [0.5, 0.6) is 0 Å². The van der Waals surface area contributed by atoms with Gasteiger partial charge in [0.25, 0.3) is 5.91 Å². The normalized spacial score (nSPS) is 18.7. The zero-order valence-electron chi connectivity index (χ0n) is 11.4. The van der Waals surface area contributed by atoms with Gasteiger partial charge in [0.1, 0.15) is 5.82 Å². The highest BCUT2D eigenvalue weighted by molar-refractivity contribution is 5.94. The minimum Gasteiger partial charge on any atom is -0.389 e. The smallest absolute Gasteiger partial charge is 0.253 e. The van der Waals surface area contributed by atoms with E-state index in [0.29, 0.717) is 31.5 Å². The first-order valence-corrected chi connectivity index (χ1v) is 6.69. The largest absolute Gasteiger partial charge is 0.389 e. The number of nitrogens with zero attached hydrogens (tertiary/aromatic N) is 1. The maximum Gasteiger partial charge on any atom is 0.253 e. The van der Waals surface area contributed by atoms with Crippen molar-refractivity contribution in [1.29, 1.82) is 0 Å². The van der Waals surface area contributed by atoms with Crippen LogP contribution in [0.2, 0.25) is 0 Å². The number of hydrogen-bond acceptors (Lipinski definition) is 2. The van der Waals surface area contributed by atoms with Crippen molar-refractivity contribution >= 4 is 5.91 Å². The lowest BCUT2D eigenvalue weighted by molar-refractivity contribution is -0.0512. The molecule has 0 bridgehead atoms. The summed E-state index contributed by atoms with van der Waals surface area (Å²) in [6, 6.07) is 5.74. The first-order valence-electron chi connectivity index (χ1n) is 6.69. The molecular weight excluding hydrogens is 245 g/mol. The molecule has 0 aliphatic carbocycles. The molecule has 1 fully saturated rings. The van der Waals surface area contributed by atoms with Crippen molar-refractivity contribution in [2.75, 3.05) is 13.1 Å².